The second-order valence-corrected chi connectivity index (χ2v) is 7.70. The van der Waals surface area contributed by atoms with Crippen molar-refractivity contribution >= 4 is 11.0 Å². The van der Waals surface area contributed by atoms with Gasteiger partial charge in [-0.05, 0) is 70.9 Å². The third-order valence-corrected chi connectivity index (χ3v) is 4.57. The van der Waals surface area contributed by atoms with Gasteiger partial charge in [-0.15, -0.1) is 0 Å². The average molecular weight is 307 g/mol. The number of hydrogen-bond acceptors (Lipinski definition) is 0. The van der Waals surface area contributed by atoms with Crippen molar-refractivity contribution in [2.45, 2.75) is 47.1 Å². The summed E-state index contributed by atoms with van der Waals surface area (Å²) < 4.78 is 4.82. The zero-order valence-electron chi connectivity index (χ0n) is 15.4. The van der Waals surface area contributed by atoms with E-state index in [1.165, 1.54) is 39.1 Å². The predicted octanol–water partition coefficient (Wildman–Crippen LogP) is 4.81. The van der Waals surface area contributed by atoms with Gasteiger partial charge < -0.3 is 0 Å². The molecule has 0 aliphatic rings. The number of imidazole rings is 1. The van der Waals surface area contributed by atoms with E-state index in [-0.39, 0.29) is 5.54 Å². The first kappa shape index (κ1) is 15.8. The second-order valence-electron chi connectivity index (χ2n) is 7.70. The van der Waals surface area contributed by atoms with E-state index in [0.717, 1.165) is 0 Å². The maximum Gasteiger partial charge on any atom is 0.290 e. The molecule has 0 radical (unpaired) electrons. The van der Waals surface area contributed by atoms with E-state index in [1.54, 1.807) is 0 Å². The van der Waals surface area contributed by atoms with Crippen LogP contribution in [0.5, 0.6) is 0 Å². The summed E-state index contributed by atoms with van der Waals surface area (Å²) in [6.45, 7) is 13.4. The molecule has 0 spiro atoms. The largest absolute Gasteiger partial charge is 0.290 e. The van der Waals surface area contributed by atoms with Crippen LogP contribution >= 0.6 is 0 Å². The Labute approximate surface area is 139 Å². The summed E-state index contributed by atoms with van der Waals surface area (Å²) in [5, 5.41) is 0. The van der Waals surface area contributed by atoms with Crippen molar-refractivity contribution in [1.29, 1.82) is 0 Å². The molecule has 3 rings (SSSR count). The molecule has 0 fully saturated rings. The third-order valence-electron chi connectivity index (χ3n) is 4.57. The number of rotatable bonds is 1. The van der Waals surface area contributed by atoms with Crippen LogP contribution < -0.4 is 4.57 Å². The van der Waals surface area contributed by atoms with E-state index in [0.29, 0.717) is 0 Å². The van der Waals surface area contributed by atoms with Gasteiger partial charge in [-0.1, -0.05) is 23.8 Å². The normalized spacial score (nSPS) is 12.1. The number of benzene rings is 2. The maximum absolute atomic E-state index is 2.48. The molecule has 2 aromatic carbocycles. The minimum atomic E-state index is 0.0142. The molecular weight excluding hydrogens is 280 g/mol. The number of aromatic nitrogens is 2. The molecule has 0 N–H and O–H groups in total. The van der Waals surface area contributed by atoms with Crippen LogP contribution in [0.1, 0.15) is 37.5 Å². The van der Waals surface area contributed by atoms with Crippen LogP contribution in [0.3, 0.4) is 0 Å². The van der Waals surface area contributed by atoms with E-state index in [2.05, 4.69) is 94.1 Å². The van der Waals surface area contributed by atoms with Gasteiger partial charge >= 0.3 is 0 Å². The van der Waals surface area contributed by atoms with Gasteiger partial charge in [0.1, 0.15) is 5.54 Å². The molecule has 0 saturated heterocycles. The summed E-state index contributed by atoms with van der Waals surface area (Å²) in [6, 6.07) is 13.5. The molecule has 120 valence electrons. The van der Waals surface area contributed by atoms with Gasteiger partial charge in [-0.3, -0.25) is 0 Å². The van der Waals surface area contributed by atoms with Crippen molar-refractivity contribution in [2.75, 3.05) is 0 Å². The lowest BCUT2D eigenvalue weighted by atomic mass is 10.0. The molecule has 2 nitrogen and oxygen atoms in total. The average Bonchev–Trinajstić information content (AvgIpc) is 2.74. The van der Waals surface area contributed by atoms with Gasteiger partial charge in [0, 0.05) is 0 Å². The van der Waals surface area contributed by atoms with Gasteiger partial charge in [0.05, 0.1) is 12.6 Å². The Kier molecular flexibility index (Phi) is 3.59. The molecule has 1 aromatic heterocycles. The fourth-order valence-electron chi connectivity index (χ4n) is 3.43. The van der Waals surface area contributed by atoms with Gasteiger partial charge in [-0.2, -0.15) is 0 Å². The quantitative estimate of drug-likeness (QED) is 0.570. The predicted molar refractivity (Wildman–Crippen MR) is 97.8 cm³/mol. The van der Waals surface area contributed by atoms with E-state index in [1.807, 2.05) is 0 Å². The summed E-state index contributed by atoms with van der Waals surface area (Å²) >= 11 is 0. The topological polar surface area (TPSA) is 8.81 Å². The van der Waals surface area contributed by atoms with Crippen molar-refractivity contribution in [3.8, 4) is 11.4 Å². The Morgan fingerprint density at radius 2 is 1.48 bits per heavy atom. The van der Waals surface area contributed by atoms with Crippen molar-refractivity contribution in [2.24, 2.45) is 7.05 Å². The highest BCUT2D eigenvalue weighted by atomic mass is 15.2. The molecular formula is C21H27N2+. The molecule has 0 bridgehead atoms. The number of fused-ring (bicyclic) bond motifs is 1. The van der Waals surface area contributed by atoms with Gasteiger partial charge in [0.15, 0.2) is 11.0 Å². The van der Waals surface area contributed by atoms with Gasteiger partial charge in [-0.25, -0.2) is 9.13 Å². The number of hydrogen-bond donors (Lipinski definition) is 0. The van der Waals surface area contributed by atoms with Crippen molar-refractivity contribution in [3.63, 3.8) is 0 Å². The molecule has 0 saturated carbocycles. The summed E-state index contributed by atoms with van der Waals surface area (Å²) in [6.07, 6.45) is 0. The number of aryl methyl sites for hydroxylation is 4. The van der Waals surface area contributed by atoms with Crippen LogP contribution in [-0.4, -0.2) is 4.57 Å². The lowest BCUT2D eigenvalue weighted by molar-refractivity contribution is -0.721. The van der Waals surface area contributed by atoms with E-state index in [9.17, 15) is 0 Å². The Balaban J connectivity index is 2.49. The first-order valence-electron chi connectivity index (χ1n) is 8.29. The van der Waals surface area contributed by atoms with Crippen molar-refractivity contribution in [1.82, 2.24) is 4.57 Å². The Morgan fingerprint density at radius 3 is 2.13 bits per heavy atom. The highest BCUT2D eigenvalue weighted by Gasteiger charge is 2.32. The number of nitrogens with zero attached hydrogens (tertiary/aromatic N) is 2. The molecule has 0 amide bonds. The third kappa shape index (κ3) is 2.56. The lowest BCUT2D eigenvalue weighted by Crippen LogP contribution is -2.51. The summed E-state index contributed by atoms with van der Waals surface area (Å²) in [5.74, 6) is 1.28. The highest BCUT2D eigenvalue weighted by molar-refractivity contribution is 5.77. The minimum Gasteiger partial charge on any atom is -0.226 e. The smallest absolute Gasteiger partial charge is 0.226 e. The maximum atomic E-state index is 2.48. The van der Waals surface area contributed by atoms with Crippen LogP contribution in [0, 0.1) is 20.8 Å². The van der Waals surface area contributed by atoms with Crippen LogP contribution in [0.25, 0.3) is 22.4 Å². The summed E-state index contributed by atoms with van der Waals surface area (Å²) in [4.78, 5) is 0. The molecule has 1 heterocycles. The van der Waals surface area contributed by atoms with E-state index < -0.39 is 0 Å². The van der Waals surface area contributed by atoms with Crippen molar-refractivity contribution in [3.05, 3.63) is 53.1 Å². The van der Waals surface area contributed by atoms with E-state index >= 15 is 0 Å². The van der Waals surface area contributed by atoms with Crippen LogP contribution in [0.2, 0.25) is 0 Å². The molecule has 0 atom stereocenters. The fourth-order valence-corrected chi connectivity index (χ4v) is 3.43. The summed E-state index contributed by atoms with van der Waals surface area (Å²) in [7, 11) is 2.18. The fraction of sp³-hybridized carbons (Fsp3) is 0.381. The summed E-state index contributed by atoms with van der Waals surface area (Å²) in [5.41, 5.74) is 7.82. The van der Waals surface area contributed by atoms with Gasteiger partial charge in [0.25, 0.3) is 5.82 Å². The molecule has 2 heteroatoms. The van der Waals surface area contributed by atoms with Gasteiger partial charge in [0.2, 0.25) is 0 Å². The Bertz CT molecular complexity index is 892. The zero-order chi connectivity index (χ0) is 16.9. The molecule has 0 unspecified atom stereocenters. The lowest BCUT2D eigenvalue weighted by Gasteiger charge is -2.19. The van der Waals surface area contributed by atoms with Crippen molar-refractivity contribution < 1.29 is 4.57 Å². The first-order chi connectivity index (χ1) is 10.7. The van der Waals surface area contributed by atoms with Crippen LogP contribution in [0.4, 0.5) is 0 Å². The standard InChI is InChI=1S/C21H27N2/c1-14-8-10-16(3)17(12-14)20-22(7)19-13-15(2)9-11-18(19)23(20)21(4,5)6/h8-13H,1-7H3/q+1. The van der Waals surface area contributed by atoms with Crippen LogP contribution in [-0.2, 0) is 12.6 Å². The molecule has 3 aromatic rings. The van der Waals surface area contributed by atoms with E-state index in [4.69, 9.17) is 0 Å². The minimum absolute atomic E-state index is 0.0142. The zero-order valence-corrected chi connectivity index (χ0v) is 15.4. The van der Waals surface area contributed by atoms with Crippen LogP contribution in [0.15, 0.2) is 36.4 Å². The molecule has 0 aliphatic heterocycles. The SMILES string of the molecule is Cc1ccc(C)c(-c2n(C)c3cc(C)ccc3[n+]2C(C)(C)C)c1. The molecule has 0 aliphatic carbocycles. The monoisotopic (exact) mass is 307 g/mol. The Morgan fingerprint density at radius 1 is 0.870 bits per heavy atom. The molecule has 23 heavy (non-hydrogen) atoms. The highest BCUT2D eigenvalue weighted by Crippen LogP contribution is 2.29. The second kappa shape index (κ2) is 5.23. The first-order valence-corrected chi connectivity index (χ1v) is 8.29. The Hall–Kier alpha value is -2.09.